The molecule has 1 amide bonds. The van der Waals surface area contributed by atoms with Crippen molar-refractivity contribution in [3.8, 4) is 16.9 Å². The molecule has 4 aromatic rings. The Kier molecular flexibility index (Phi) is 7.33. The molecule has 4 rings (SSSR count). The van der Waals surface area contributed by atoms with Crippen molar-refractivity contribution in [2.45, 2.75) is 19.3 Å². The zero-order valence-electron chi connectivity index (χ0n) is 18.7. The third kappa shape index (κ3) is 6.50. The van der Waals surface area contributed by atoms with Crippen LogP contribution in [0.1, 0.15) is 32.0 Å². The fourth-order valence-corrected chi connectivity index (χ4v) is 3.37. The van der Waals surface area contributed by atoms with Gasteiger partial charge in [0.2, 0.25) is 0 Å². The molecule has 10 heteroatoms. The number of hydrogen-bond donors (Lipinski definition) is 1. The Bertz CT molecular complexity index is 1350. The van der Waals surface area contributed by atoms with Crippen LogP contribution < -0.4 is 10.1 Å². The van der Waals surface area contributed by atoms with Crippen LogP contribution in [0.5, 0.6) is 5.75 Å². The third-order valence-corrected chi connectivity index (χ3v) is 5.11. The first-order valence-electron chi connectivity index (χ1n) is 10.7. The van der Waals surface area contributed by atoms with Crippen molar-refractivity contribution < 1.29 is 27.5 Å². The lowest BCUT2D eigenvalue weighted by Gasteiger charge is -2.14. The summed E-state index contributed by atoms with van der Waals surface area (Å²) in [5.41, 5.74) is 2.43. The van der Waals surface area contributed by atoms with Gasteiger partial charge in [0.1, 0.15) is 5.75 Å². The zero-order chi connectivity index (χ0) is 25.5. The fraction of sp³-hybridized carbons (Fsp3) is 0.115. The molecule has 0 aliphatic heterocycles. The summed E-state index contributed by atoms with van der Waals surface area (Å²) in [5.74, 6) is -1.95. The second-order valence-corrected chi connectivity index (χ2v) is 7.68. The van der Waals surface area contributed by atoms with Crippen molar-refractivity contribution in [3.05, 3.63) is 108 Å². The molecule has 0 aliphatic rings. The number of ketones is 1. The van der Waals surface area contributed by atoms with Gasteiger partial charge in [0, 0.05) is 59.9 Å². The first-order chi connectivity index (χ1) is 17.3. The maximum atomic E-state index is 12.9. The van der Waals surface area contributed by atoms with Gasteiger partial charge in [-0.3, -0.25) is 24.5 Å². The Morgan fingerprint density at radius 2 is 1.64 bits per heavy atom. The van der Waals surface area contributed by atoms with Crippen LogP contribution in [0.4, 0.5) is 13.2 Å². The number of nitrogens with zero attached hydrogens (tertiary/aromatic N) is 3. The minimum absolute atomic E-state index is 0.0313. The molecule has 7 nitrogen and oxygen atoms in total. The molecule has 0 saturated carbocycles. The Balaban J connectivity index is 1.52. The van der Waals surface area contributed by atoms with Crippen LogP contribution in [0, 0.1) is 0 Å². The van der Waals surface area contributed by atoms with E-state index in [4.69, 9.17) is 0 Å². The van der Waals surface area contributed by atoms with Gasteiger partial charge in [-0.15, -0.1) is 13.2 Å². The Hall–Kier alpha value is -4.60. The maximum Gasteiger partial charge on any atom is 0.573 e. The van der Waals surface area contributed by atoms with Gasteiger partial charge in [-0.2, -0.15) is 0 Å². The average molecular weight is 492 g/mol. The van der Waals surface area contributed by atoms with Crippen molar-refractivity contribution in [2.75, 3.05) is 0 Å². The van der Waals surface area contributed by atoms with E-state index in [0.717, 1.165) is 23.3 Å². The number of aromatic nitrogens is 3. The van der Waals surface area contributed by atoms with Gasteiger partial charge in [0.05, 0.1) is 12.0 Å². The summed E-state index contributed by atoms with van der Waals surface area (Å²) in [5, 5.41) is 2.52. The molecular weight excluding hydrogens is 473 g/mol. The molecule has 0 unspecified atom stereocenters. The van der Waals surface area contributed by atoms with Crippen molar-refractivity contribution in [1.82, 2.24) is 20.3 Å². The lowest BCUT2D eigenvalue weighted by molar-refractivity contribution is -0.274. The van der Waals surface area contributed by atoms with Crippen molar-refractivity contribution >= 4 is 11.7 Å². The van der Waals surface area contributed by atoms with E-state index in [9.17, 15) is 22.8 Å². The highest BCUT2D eigenvalue weighted by molar-refractivity contribution is 6.02. The van der Waals surface area contributed by atoms with Gasteiger partial charge in [0.15, 0.2) is 5.78 Å². The monoisotopic (exact) mass is 492 g/mol. The number of halogens is 3. The second kappa shape index (κ2) is 10.8. The number of benzene rings is 1. The molecule has 0 aliphatic carbocycles. The highest BCUT2D eigenvalue weighted by Crippen LogP contribution is 2.28. The van der Waals surface area contributed by atoms with E-state index in [2.05, 4.69) is 25.0 Å². The molecule has 0 fully saturated rings. The molecule has 1 N–H and O–H groups in total. The number of ether oxygens (including phenoxy) is 1. The first-order valence-corrected chi connectivity index (χ1v) is 10.7. The standard InChI is InChI=1S/C26H19F3N4O3/c27-26(28,29)36-24-8-6-18(11-22(24)25(35)33-14-17-3-1-9-30-13-17)23(34)12-21-7-5-20(16-32-21)19-4-2-10-31-15-19/h1-11,13,15-16H,12,14H2,(H,33,35). The van der Waals surface area contributed by atoms with E-state index < -0.39 is 29.4 Å². The average Bonchev–Trinajstić information content (AvgIpc) is 2.88. The van der Waals surface area contributed by atoms with Crippen molar-refractivity contribution in [1.29, 1.82) is 0 Å². The predicted octanol–water partition coefficient (Wildman–Crippen LogP) is 4.79. The van der Waals surface area contributed by atoms with Crippen molar-refractivity contribution in [2.24, 2.45) is 0 Å². The fourth-order valence-electron chi connectivity index (χ4n) is 3.37. The van der Waals surface area contributed by atoms with Crippen LogP contribution in [0.25, 0.3) is 11.1 Å². The van der Waals surface area contributed by atoms with Gasteiger partial charge in [0.25, 0.3) is 5.91 Å². The molecule has 3 aromatic heterocycles. The largest absolute Gasteiger partial charge is 0.573 e. The molecule has 0 saturated heterocycles. The molecule has 0 radical (unpaired) electrons. The summed E-state index contributed by atoms with van der Waals surface area (Å²) in [6.07, 6.45) is 2.90. The van der Waals surface area contributed by atoms with Crippen LogP contribution in [0.15, 0.2) is 85.6 Å². The van der Waals surface area contributed by atoms with Crippen LogP contribution in [0.3, 0.4) is 0 Å². The molecule has 0 spiro atoms. The number of alkyl halides is 3. The summed E-state index contributed by atoms with van der Waals surface area (Å²) in [4.78, 5) is 37.9. The van der Waals surface area contributed by atoms with Gasteiger partial charge in [-0.1, -0.05) is 18.2 Å². The third-order valence-electron chi connectivity index (χ3n) is 5.11. The van der Waals surface area contributed by atoms with Gasteiger partial charge in [-0.05, 0) is 42.0 Å². The number of pyridine rings is 3. The summed E-state index contributed by atoms with van der Waals surface area (Å²) < 4.78 is 42.7. The zero-order valence-corrected chi connectivity index (χ0v) is 18.7. The number of carbonyl (C=O) groups is 2. The van der Waals surface area contributed by atoms with Crippen molar-refractivity contribution in [3.63, 3.8) is 0 Å². The van der Waals surface area contributed by atoms with Crippen LogP contribution in [0.2, 0.25) is 0 Å². The van der Waals surface area contributed by atoms with E-state index in [1.165, 1.54) is 12.3 Å². The van der Waals surface area contributed by atoms with Crippen LogP contribution >= 0.6 is 0 Å². The summed E-state index contributed by atoms with van der Waals surface area (Å²) in [6.45, 7) is 0.0313. The number of amides is 1. The topological polar surface area (TPSA) is 94.1 Å². The van der Waals surface area contributed by atoms with Gasteiger partial charge < -0.3 is 10.1 Å². The van der Waals surface area contributed by atoms with E-state index in [1.54, 1.807) is 55.1 Å². The van der Waals surface area contributed by atoms with E-state index >= 15 is 0 Å². The lowest BCUT2D eigenvalue weighted by atomic mass is 10.0. The Morgan fingerprint density at radius 1 is 0.889 bits per heavy atom. The lowest BCUT2D eigenvalue weighted by Crippen LogP contribution is -2.26. The van der Waals surface area contributed by atoms with Crippen LogP contribution in [-0.4, -0.2) is 33.0 Å². The molecular formula is C26H19F3N4O3. The Morgan fingerprint density at radius 3 is 2.28 bits per heavy atom. The highest BCUT2D eigenvalue weighted by Gasteiger charge is 2.33. The predicted molar refractivity (Wildman–Crippen MR) is 124 cm³/mol. The van der Waals surface area contributed by atoms with Gasteiger partial charge in [-0.25, -0.2) is 0 Å². The SMILES string of the molecule is O=C(Cc1ccc(-c2cccnc2)cn1)c1ccc(OC(F)(F)F)c(C(=O)NCc2cccnc2)c1. The first kappa shape index (κ1) is 24.5. The number of hydrogen-bond acceptors (Lipinski definition) is 6. The second-order valence-electron chi connectivity index (χ2n) is 7.68. The number of Topliss-reactive ketones (excluding diaryl/α,β-unsaturated/α-hetero) is 1. The number of nitrogens with one attached hydrogen (secondary N) is 1. The molecule has 1 aromatic carbocycles. The minimum atomic E-state index is -5.01. The molecule has 36 heavy (non-hydrogen) atoms. The number of carbonyl (C=O) groups excluding carboxylic acids is 2. The minimum Gasteiger partial charge on any atom is -0.405 e. The van der Waals surface area contributed by atoms with Crippen LogP contribution in [-0.2, 0) is 13.0 Å². The smallest absolute Gasteiger partial charge is 0.405 e. The molecule has 0 atom stereocenters. The molecule has 0 bridgehead atoms. The molecule has 182 valence electrons. The van der Waals surface area contributed by atoms with E-state index in [1.807, 2.05) is 6.07 Å². The van der Waals surface area contributed by atoms with E-state index in [-0.39, 0.29) is 18.5 Å². The number of rotatable bonds is 8. The molecule has 3 heterocycles. The van der Waals surface area contributed by atoms with E-state index in [0.29, 0.717) is 11.3 Å². The summed E-state index contributed by atoms with van der Waals surface area (Å²) in [6, 6.07) is 13.7. The van der Waals surface area contributed by atoms with Gasteiger partial charge >= 0.3 is 6.36 Å². The summed E-state index contributed by atoms with van der Waals surface area (Å²) in [7, 11) is 0. The summed E-state index contributed by atoms with van der Waals surface area (Å²) >= 11 is 0. The Labute approximate surface area is 204 Å². The highest BCUT2D eigenvalue weighted by atomic mass is 19.4. The quantitative estimate of drug-likeness (QED) is 0.356. The normalized spacial score (nSPS) is 11.1. The maximum absolute atomic E-state index is 12.9.